The van der Waals surface area contributed by atoms with Crippen LogP contribution >= 0.6 is 0 Å². The maximum absolute atomic E-state index is 13.1. The summed E-state index contributed by atoms with van der Waals surface area (Å²) < 4.78 is 13.3. The Hall–Kier alpha value is -2.31. The number of aryl methyl sites for hydroxylation is 2. The van der Waals surface area contributed by atoms with Gasteiger partial charge < -0.3 is 24.5 Å². The molecule has 188 valence electrons. The fourth-order valence-electron chi connectivity index (χ4n) is 5.05. The van der Waals surface area contributed by atoms with Crippen LogP contribution in [0.3, 0.4) is 0 Å². The molecule has 0 spiro atoms. The Kier molecular flexibility index (Phi) is 9.20. The number of carbonyl (C=O) groups excluding carboxylic acids is 1. The molecule has 6 nitrogen and oxygen atoms in total. The third-order valence-electron chi connectivity index (χ3n) is 7.33. The number of aliphatic hydroxyl groups excluding tert-OH is 1. The first kappa shape index (κ1) is 26.3. The lowest BCUT2D eigenvalue weighted by molar-refractivity contribution is 0.0641. The van der Waals surface area contributed by atoms with Crippen LogP contribution in [-0.4, -0.2) is 48.1 Å². The maximum Gasteiger partial charge on any atom is 0.267 e. The van der Waals surface area contributed by atoms with E-state index in [1.54, 1.807) is 6.92 Å². The highest BCUT2D eigenvalue weighted by molar-refractivity contribution is 5.93. The summed E-state index contributed by atoms with van der Waals surface area (Å²) in [6.45, 7) is 13.6. The summed E-state index contributed by atoms with van der Waals surface area (Å²) in [5.74, 6) is 1.29. The molecule has 1 amide bonds. The molecular weight excluding hydrogens is 428 g/mol. The average Bonchev–Trinajstić information content (AvgIpc) is 3.28. The smallest absolute Gasteiger partial charge is 0.267 e. The molecule has 0 saturated carbocycles. The zero-order valence-corrected chi connectivity index (χ0v) is 21.5. The van der Waals surface area contributed by atoms with Crippen molar-refractivity contribution in [2.75, 3.05) is 26.4 Å². The number of aromatic nitrogens is 1. The van der Waals surface area contributed by atoms with E-state index in [1.807, 2.05) is 13.0 Å². The molecule has 0 radical (unpaired) electrons. The van der Waals surface area contributed by atoms with E-state index >= 15 is 0 Å². The Balaban J connectivity index is 1.87. The number of nitrogens with zero attached hydrogens (tertiary/aromatic N) is 1. The lowest BCUT2D eigenvalue weighted by Gasteiger charge is -2.32. The number of hydrogen-bond donors (Lipinski definition) is 2. The monoisotopic (exact) mass is 470 g/mol. The SMILES string of the molecule is CCn1cc(C(CC)(CC)c2ccc(OCC(C)O)c(C)c2)cc1C(=O)NCC1CCOCC1. The standard InChI is InChI=1S/C28H42N2O4/c1-6-28(7-2,23-9-10-26(20(4)15-23)34-19-21(5)31)24-16-25(30(8-3)18-24)27(32)29-17-22-11-13-33-14-12-22/h9-10,15-16,18,21-22,31H,6-8,11-14,17,19H2,1-5H3,(H,29,32). The van der Waals surface area contributed by atoms with Gasteiger partial charge in [-0.2, -0.15) is 0 Å². The molecule has 0 aliphatic carbocycles. The highest BCUT2D eigenvalue weighted by atomic mass is 16.5. The molecule has 1 aliphatic heterocycles. The zero-order valence-electron chi connectivity index (χ0n) is 21.5. The van der Waals surface area contributed by atoms with Crippen LogP contribution in [0.1, 0.15) is 80.6 Å². The van der Waals surface area contributed by atoms with E-state index in [4.69, 9.17) is 9.47 Å². The summed E-state index contributed by atoms with van der Waals surface area (Å²) in [6, 6.07) is 8.42. The predicted molar refractivity (Wildman–Crippen MR) is 136 cm³/mol. The van der Waals surface area contributed by atoms with Gasteiger partial charge in [-0.15, -0.1) is 0 Å². The van der Waals surface area contributed by atoms with Crippen LogP contribution < -0.4 is 10.1 Å². The zero-order chi connectivity index (χ0) is 24.7. The summed E-state index contributed by atoms with van der Waals surface area (Å²) in [5, 5.41) is 12.7. The topological polar surface area (TPSA) is 72.7 Å². The Morgan fingerprint density at radius 1 is 1.21 bits per heavy atom. The molecule has 1 atom stereocenters. The summed E-state index contributed by atoms with van der Waals surface area (Å²) in [6.07, 6.45) is 5.51. The van der Waals surface area contributed by atoms with Crippen molar-refractivity contribution in [1.82, 2.24) is 9.88 Å². The number of hydrogen-bond acceptors (Lipinski definition) is 4. The summed E-state index contributed by atoms with van der Waals surface area (Å²) in [7, 11) is 0. The van der Waals surface area contributed by atoms with E-state index in [9.17, 15) is 9.90 Å². The Morgan fingerprint density at radius 2 is 1.91 bits per heavy atom. The van der Waals surface area contributed by atoms with E-state index in [1.165, 1.54) is 11.1 Å². The fourth-order valence-corrected chi connectivity index (χ4v) is 5.05. The highest BCUT2D eigenvalue weighted by Gasteiger charge is 2.33. The fraction of sp³-hybridized carbons (Fsp3) is 0.607. The van der Waals surface area contributed by atoms with Gasteiger partial charge in [-0.25, -0.2) is 0 Å². The van der Waals surface area contributed by atoms with Crippen molar-refractivity contribution in [2.24, 2.45) is 5.92 Å². The average molecular weight is 471 g/mol. The minimum Gasteiger partial charge on any atom is -0.491 e. The minimum absolute atomic E-state index is 0.00116. The minimum atomic E-state index is -0.505. The number of nitrogens with one attached hydrogen (secondary N) is 1. The van der Waals surface area contributed by atoms with Gasteiger partial charge in [-0.1, -0.05) is 26.0 Å². The normalized spacial score (nSPS) is 15.8. The van der Waals surface area contributed by atoms with E-state index in [0.717, 1.165) is 62.4 Å². The lowest BCUT2D eigenvalue weighted by atomic mass is 9.71. The van der Waals surface area contributed by atoms with Gasteiger partial charge in [0, 0.05) is 37.9 Å². The number of ether oxygens (including phenoxy) is 2. The number of carbonyl (C=O) groups is 1. The molecule has 2 aromatic rings. The molecule has 2 N–H and O–H groups in total. The second-order valence-electron chi connectivity index (χ2n) is 9.60. The Labute approximate surface area is 204 Å². The van der Waals surface area contributed by atoms with Gasteiger partial charge in [0.2, 0.25) is 0 Å². The van der Waals surface area contributed by atoms with Crippen LogP contribution in [-0.2, 0) is 16.7 Å². The first-order valence-corrected chi connectivity index (χ1v) is 12.8. The molecule has 6 heteroatoms. The summed E-state index contributed by atoms with van der Waals surface area (Å²) >= 11 is 0. The van der Waals surface area contributed by atoms with Gasteiger partial charge in [-0.05, 0) is 81.2 Å². The van der Waals surface area contributed by atoms with Crippen molar-refractivity contribution < 1.29 is 19.4 Å². The molecule has 34 heavy (non-hydrogen) atoms. The van der Waals surface area contributed by atoms with Gasteiger partial charge in [0.25, 0.3) is 5.91 Å². The van der Waals surface area contributed by atoms with Crippen molar-refractivity contribution in [3.05, 3.63) is 52.8 Å². The second kappa shape index (κ2) is 11.9. The molecule has 1 unspecified atom stereocenters. The molecule has 1 fully saturated rings. The first-order chi connectivity index (χ1) is 16.3. The third-order valence-corrected chi connectivity index (χ3v) is 7.33. The number of rotatable bonds is 11. The van der Waals surface area contributed by atoms with Gasteiger partial charge in [0.1, 0.15) is 18.1 Å². The van der Waals surface area contributed by atoms with E-state index in [2.05, 4.69) is 55.1 Å². The van der Waals surface area contributed by atoms with Crippen LogP contribution in [0, 0.1) is 12.8 Å². The van der Waals surface area contributed by atoms with E-state index in [0.29, 0.717) is 12.5 Å². The molecule has 2 heterocycles. The molecule has 3 rings (SSSR count). The summed E-state index contributed by atoms with van der Waals surface area (Å²) in [4.78, 5) is 13.1. The summed E-state index contributed by atoms with van der Waals surface area (Å²) in [5.41, 5.74) is 3.98. The number of amides is 1. The largest absolute Gasteiger partial charge is 0.491 e. The van der Waals surface area contributed by atoms with E-state index in [-0.39, 0.29) is 17.9 Å². The van der Waals surface area contributed by atoms with Crippen molar-refractivity contribution in [1.29, 1.82) is 0 Å². The number of aliphatic hydroxyl groups is 1. The lowest BCUT2D eigenvalue weighted by Crippen LogP contribution is -2.33. The van der Waals surface area contributed by atoms with Crippen molar-refractivity contribution in [3.63, 3.8) is 0 Å². The predicted octanol–water partition coefficient (Wildman–Crippen LogP) is 4.84. The third kappa shape index (κ3) is 5.84. The first-order valence-electron chi connectivity index (χ1n) is 12.8. The second-order valence-corrected chi connectivity index (χ2v) is 9.60. The number of benzene rings is 1. The van der Waals surface area contributed by atoms with Crippen LogP contribution in [0.2, 0.25) is 0 Å². The van der Waals surface area contributed by atoms with Crippen molar-refractivity contribution >= 4 is 5.91 Å². The van der Waals surface area contributed by atoms with Gasteiger partial charge in [0.15, 0.2) is 0 Å². The quantitative estimate of drug-likeness (QED) is 0.493. The van der Waals surface area contributed by atoms with Crippen LogP contribution in [0.25, 0.3) is 0 Å². The maximum atomic E-state index is 13.1. The van der Waals surface area contributed by atoms with Gasteiger partial charge in [0.05, 0.1) is 6.10 Å². The van der Waals surface area contributed by atoms with Crippen LogP contribution in [0.5, 0.6) is 5.75 Å². The van der Waals surface area contributed by atoms with Crippen molar-refractivity contribution in [3.8, 4) is 5.75 Å². The van der Waals surface area contributed by atoms with Gasteiger partial charge >= 0.3 is 0 Å². The molecule has 1 saturated heterocycles. The van der Waals surface area contributed by atoms with Crippen LogP contribution in [0.4, 0.5) is 0 Å². The molecular formula is C28H42N2O4. The van der Waals surface area contributed by atoms with Gasteiger partial charge in [-0.3, -0.25) is 4.79 Å². The molecule has 1 aromatic carbocycles. The Bertz CT molecular complexity index is 940. The van der Waals surface area contributed by atoms with Crippen molar-refractivity contribution in [2.45, 2.75) is 78.4 Å². The Morgan fingerprint density at radius 3 is 2.50 bits per heavy atom. The van der Waals surface area contributed by atoms with E-state index < -0.39 is 6.10 Å². The molecule has 1 aliphatic rings. The molecule has 0 bridgehead atoms. The molecule has 1 aromatic heterocycles. The van der Waals surface area contributed by atoms with Crippen LogP contribution in [0.15, 0.2) is 30.5 Å². The highest BCUT2D eigenvalue weighted by Crippen LogP contribution is 2.41.